The second-order valence-electron chi connectivity index (χ2n) is 4.01. The van der Waals surface area contributed by atoms with E-state index in [0.717, 1.165) is 26.1 Å². The number of hydrogen-bond acceptors (Lipinski definition) is 2. The van der Waals surface area contributed by atoms with Gasteiger partial charge in [-0.05, 0) is 30.5 Å². The highest BCUT2D eigenvalue weighted by Gasteiger charge is 2.19. The van der Waals surface area contributed by atoms with E-state index in [0.29, 0.717) is 0 Å². The Hall–Kier alpha value is -0.860. The van der Waals surface area contributed by atoms with Crippen LogP contribution in [0.15, 0.2) is 24.3 Å². The molecule has 0 aromatic heterocycles. The molecule has 0 saturated heterocycles. The van der Waals surface area contributed by atoms with E-state index in [4.69, 9.17) is 4.74 Å². The molecular formula is C13H19NO. The summed E-state index contributed by atoms with van der Waals surface area (Å²) in [6.07, 6.45) is 2.48. The lowest BCUT2D eigenvalue weighted by Crippen LogP contribution is -2.27. The smallest absolute Gasteiger partial charge is 0.0952 e. The molecule has 1 aliphatic heterocycles. The highest BCUT2D eigenvalue weighted by Crippen LogP contribution is 2.25. The van der Waals surface area contributed by atoms with Gasteiger partial charge in [-0.3, -0.25) is 0 Å². The zero-order chi connectivity index (χ0) is 10.5. The van der Waals surface area contributed by atoms with Gasteiger partial charge >= 0.3 is 0 Å². The van der Waals surface area contributed by atoms with Crippen molar-refractivity contribution in [3.8, 4) is 0 Å². The normalized spacial score (nSPS) is 19.9. The Morgan fingerprint density at radius 3 is 3.13 bits per heavy atom. The summed E-state index contributed by atoms with van der Waals surface area (Å²) < 4.78 is 5.79. The first-order valence-electron chi connectivity index (χ1n) is 5.82. The van der Waals surface area contributed by atoms with Crippen LogP contribution in [-0.2, 0) is 11.2 Å². The van der Waals surface area contributed by atoms with Gasteiger partial charge in [0.25, 0.3) is 0 Å². The van der Waals surface area contributed by atoms with Crippen LogP contribution in [0.25, 0.3) is 0 Å². The van der Waals surface area contributed by atoms with Gasteiger partial charge in [0, 0.05) is 6.54 Å². The molecule has 1 N–H and O–H groups in total. The summed E-state index contributed by atoms with van der Waals surface area (Å²) in [7, 11) is 0. The predicted octanol–water partition coefficient (Wildman–Crippen LogP) is 2.30. The van der Waals surface area contributed by atoms with E-state index in [2.05, 4.69) is 36.5 Å². The van der Waals surface area contributed by atoms with Crippen molar-refractivity contribution in [1.29, 1.82) is 0 Å². The summed E-state index contributed by atoms with van der Waals surface area (Å²) in [6.45, 7) is 5.05. The SMILES string of the molecule is CCCNC[C@H]1OCCc2ccccc21. The van der Waals surface area contributed by atoms with Gasteiger partial charge in [0.1, 0.15) is 0 Å². The molecule has 2 heteroatoms. The van der Waals surface area contributed by atoms with Crippen molar-refractivity contribution >= 4 is 0 Å². The third-order valence-electron chi connectivity index (χ3n) is 2.85. The van der Waals surface area contributed by atoms with E-state index in [1.807, 2.05) is 0 Å². The van der Waals surface area contributed by atoms with Gasteiger partial charge in [-0.25, -0.2) is 0 Å². The van der Waals surface area contributed by atoms with E-state index in [9.17, 15) is 0 Å². The monoisotopic (exact) mass is 205 g/mol. The number of benzene rings is 1. The topological polar surface area (TPSA) is 21.3 Å². The summed E-state index contributed by atoms with van der Waals surface area (Å²) in [5.41, 5.74) is 2.82. The van der Waals surface area contributed by atoms with Crippen molar-refractivity contribution in [2.45, 2.75) is 25.9 Å². The van der Waals surface area contributed by atoms with E-state index >= 15 is 0 Å². The van der Waals surface area contributed by atoms with E-state index < -0.39 is 0 Å². The van der Waals surface area contributed by atoms with Gasteiger partial charge in [0.2, 0.25) is 0 Å². The standard InChI is InChI=1S/C13H19NO/c1-2-8-14-10-13-12-6-4-3-5-11(12)7-9-15-13/h3-6,13-14H,2,7-10H2,1H3/t13-/m1/s1. The van der Waals surface area contributed by atoms with Crippen LogP contribution in [0.1, 0.15) is 30.6 Å². The first kappa shape index (κ1) is 10.7. The number of rotatable bonds is 4. The minimum absolute atomic E-state index is 0.251. The molecule has 1 heterocycles. The summed E-state index contributed by atoms with van der Waals surface area (Å²) in [5, 5.41) is 3.42. The second-order valence-corrected chi connectivity index (χ2v) is 4.01. The van der Waals surface area contributed by atoms with Gasteiger partial charge in [0.15, 0.2) is 0 Å². The molecule has 82 valence electrons. The fourth-order valence-corrected chi connectivity index (χ4v) is 2.06. The molecule has 0 aliphatic carbocycles. The molecule has 0 unspecified atom stereocenters. The maximum atomic E-state index is 5.79. The third-order valence-corrected chi connectivity index (χ3v) is 2.85. The molecule has 1 aromatic rings. The molecule has 15 heavy (non-hydrogen) atoms. The molecule has 0 saturated carbocycles. The second kappa shape index (κ2) is 5.29. The highest BCUT2D eigenvalue weighted by atomic mass is 16.5. The van der Waals surface area contributed by atoms with Crippen molar-refractivity contribution in [3.05, 3.63) is 35.4 Å². The fourth-order valence-electron chi connectivity index (χ4n) is 2.06. The molecule has 0 spiro atoms. The molecular weight excluding hydrogens is 186 g/mol. The molecule has 1 atom stereocenters. The summed E-state index contributed by atoms with van der Waals surface area (Å²) >= 11 is 0. The Morgan fingerprint density at radius 1 is 1.40 bits per heavy atom. The average molecular weight is 205 g/mol. The van der Waals surface area contributed by atoms with Crippen LogP contribution in [0.5, 0.6) is 0 Å². The van der Waals surface area contributed by atoms with Crippen molar-refractivity contribution in [2.75, 3.05) is 19.7 Å². The predicted molar refractivity (Wildman–Crippen MR) is 62.0 cm³/mol. The summed E-state index contributed by atoms with van der Waals surface area (Å²) in [5.74, 6) is 0. The van der Waals surface area contributed by atoms with Crippen molar-refractivity contribution in [3.63, 3.8) is 0 Å². The van der Waals surface area contributed by atoms with Crippen molar-refractivity contribution < 1.29 is 4.74 Å². The first-order chi connectivity index (χ1) is 7.42. The quantitative estimate of drug-likeness (QED) is 0.762. The van der Waals surface area contributed by atoms with Gasteiger partial charge in [-0.15, -0.1) is 0 Å². The maximum absolute atomic E-state index is 5.79. The van der Waals surface area contributed by atoms with Crippen LogP contribution in [0.4, 0.5) is 0 Å². The van der Waals surface area contributed by atoms with E-state index in [1.54, 1.807) is 0 Å². The summed E-state index contributed by atoms with van der Waals surface area (Å²) in [4.78, 5) is 0. The zero-order valence-electron chi connectivity index (χ0n) is 9.33. The van der Waals surface area contributed by atoms with Crippen LogP contribution < -0.4 is 5.32 Å². The Bertz CT molecular complexity index is 311. The van der Waals surface area contributed by atoms with Gasteiger partial charge < -0.3 is 10.1 Å². The lowest BCUT2D eigenvalue weighted by atomic mass is 9.97. The van der Waals surface area contributed by atoms with Crippen molar-refractivity contribution in [1.82, 2.24) is 5.32 Å². The Morgan fingerprint density at radius 2 is 2.27 bits per heavy atom. The fraction of sp³-hybridized carbons (Fsp3) is 0.538. The molecule has 1 aromatic carbocycles. The van der Waals surface area contributed by atoms with Crippen LogP contribution in [0, 0.1) is 0 Å². The minimum atomic E-state index is 0.251. The lowest BCUT2D eigenvalue weighted by molar-refractivity contribution is 0.0427. The number of hydrogen-bond donors (Lipinski definition) is 1. The maximum Gasteiger partial charge on any atom is 0.0952 e. The van der Waals surface area contributed by atoms with Crippen LogP contribution >= 0.6 is 0 Å². The molecule has 2 nitrogen and oxygen atoms in total. The van der Waals surface area contributed by atoms with Crippen molar-refractivity contribution in [2.24, 2.45) is 0 Å². The minimum Gasteiger partial charge on any atom is -0.372 e. The number of ether oxygens (including phenoxy) is 1. The molecule has 1 aliphatic rings. The highest BCUT2D eigenvalue weighted by molar-refractivity contribution is 5.31. The third kappa shape index (κ3) is 2.58. The van der Waals surface area contributed by atoms with Gasteiger partial charge in [0.05, 0.1) is 12.7 Å². The largest absolute Gasteiger partial charge is 0.372 e. The Balaban J connectivity index is 2.02. The van der Waals surface area contributed by atoms with Gasteiger partial charge in [-0.1, -0.05) is 31.2 Å². The average Bonchev–Trinajstić information content (AvgIpc) is 2.30. The lowest BCUT2D eigenvalue weighted by Gasteiger charge is -2.26. The molecule has 2 rings (SSSR count). The Labute approximate surface area is 91.6 Å². The molecule has 0 radical (unpaired) electrons. The van der Waals surface area contributed by atoms with Crippen LogP contribution in [0.2, 0.25) is 0 Å². The number of fused-ring (bicyclic) bond motifs is 1. The van der Waals surface area contributed by atoms with E-state index in [-0.39, 0.29) is 6.10 Å². The Kier molecular flexibility index (Phi) is 3.75. The van der Waals surface area contributed by atoms with E-state index in [1.165, 1.54) is 17.5 Å². The van der Waals surface area contributed by atoms with Crippen LogP contribution in [0.3, 0.4) is 0 Å². The summed E-state index contributed by atoms with van der Waals surface area (Å²) in [6, 6.07) is 8.61. The molecule has 0 bridgehead atoms. The zero-order valence-corrected chi connectivity index (χ0v) is 9.33. The number of nitrogens with one attached hydrogen (secondary N) is 1. The van der Waals surface area contributed by atoms with Crippen LogP contribution in [-0.4, -0.2) is 19.7 Å². The molecule has 0 amide bonds. The first-order valence-corrected chi connectivity index (χ1v) is 5.82. The van der Waals surface area contributed by atoms with Gasteiger partial charge in [-0.2, -0.15) is 0 Å². The molecule has 0 fully saturated rings.